The van der Waals surface area contributed by atoms with Gasteiger partial charge in [-0.1, -0.05) is 11.3 Å². The van der Waals surface area contributed by atoms with Crippen LogP contribution in [0.15, 0.2) is 12.3 Å². The van der Waals surface area contributed by atoms with Gasteiger partial charge in [-0.25, -0.2) is 9.97 Å². The Bertz CT molecular complexity index is 394. The summed E-state index contributed by atoms with van der Waals surface area (Å²) in [6, 6.07) is 1.82. The van der Waals surface area contributed by atoms with E-state index in [1.54, 1.807) is 6.20 Å². The summed E-state index contributed by atoms with van der Waals surface area (Å²) in [6.07, 6.45) is 1.57. The Morgan fingerprint density at radius 2 is 2.18 bits per heavy atom. The molecule has 0 saturated carbocycles. The van der Waals surface area contributed by atoms with Gasteiger partial charge >= 0.3 is 0 Å². The van der Waals surface area contributed by atoms with Gasteiger partial charge in [0.05, 0.1) is 16.6 Å². The zero-order valence-electron chi connectivity index (χ0n) is 5.61. The van der Waals surface area contributed by atoms with Crippen molar-refractivity contribution in [3.63, 3.8) is 0 Å². The lowest BCUT2D eigenvalue weighted by atomic mass is 10.4. The van der Waals surface area contributed by atoms with Crippen LogP contribution in [0.2, 0.25) is 0 Å². The first-order valence-corrected chi connectivity index (χ1v) is 3.85. The van der Waals surface area contributed by atoms with Gasteiger partial charge in [0, 0.05) is 0 Å². The smallest absolute Gasteiger partial charge is 0.182 e. The second-order valence-electron chi connectivity index (χ2n) is 2.14. The number of hydrogen-bond acceptors (Lipinski definition) is 5. The second kappa shape index (κ2) is 2.06. The number of rotatable bonds is 0. The van der Waals surface area contributed by atoms with E-state index in [-0.39, 0.29) is 0 Å². The molecular formula is C6H6N4S. The average Bonchev–Trinajstić information content (AvgIpc) is 2.27. The molecule has 0 radical (unpaired) electrons. The molecule has 0 atom stereocenters. The number of aromatic nitrogens is 2. The van der Waals surface area contributed by atoms with Crippen molar-refractivity contribution in [2.75, 3.05) is 11.5 Å². The number of fused-ring (bicyclic) bond motifs is 1. The van der Waals surface area contributed by atoms with Crippen molar-refractivity contribution in [1.29, 1.82) is 0 Å². The van der Waals surface area contributed by atoms with Crippen LogP contribution in [0.25, 0.3) is 10.3 Å². The highest BCUT2D eigenvalue weighted by molar-refractivity contribution is 7.22. The Hall–Kier alpha value is -1.36. The molecule has 0 bridgehead atoms. The number of pyridine rings is 1. The van der Waals surface area contributed by atoms with Gasteiger partial charge in [-0.15, -0.1) is 0 Å². The van der Waals surface area contributed by atoms with E-state index in [0.29, 0.717) is 16.5 Å². The predicted octanol–water partition coefficient (Wildman–Crippen LogP) is 0.856. The van der Waals surface area contributed by atoms with Crippen LogP contribution < -0.4 is 11.5 Å². The molecule has 0 aliphatic rings. The number of nitrogens with two attached hydrogens (primary N) is 2. The summed E-state index contributed by atoms with van der Waals surface area (Å²) >= 11 is 1.39. The Labute approximate surface area is 66.9 Å². The van der Waals surface area contributed by atoms with Crippen molar-refractivity contribution in [2.24, 2.45) is 0 Å². The van der Waals surface area contributed by atoms with Gasteiger partial charge in [-0.05, 0) is 6.07 Å². The largest absolute Gasteiger partial charge is 0.397 e. The third-order valence-electron chi connectivity index (χ3n) is 1.28. The minimum atomic E-state index is 0.526. The van der Waals surface area contributed by atoms with Gasteiger partial charge in [-0.3, -0.25) is 0 Å². The van der Waals surface area contributed by atoms with Crippen LogP contribution in [0.4, 0.5) is 10.8 Å². The highest BCUT2D eigenvalue weighted by atomic mass is 32.1. The third-order valence-corrected chi connectivity index (χ3v) is 2.11. The molecule has 5 heteroatoms. The first-order chi connectivity index (χ1) is 5.25. The maximum atomic E-state index is 5.51. The zero-order valence-corrected chi connectivity index (χ0v) is 6.43. The van der Waals surface area contributed by atoms with Crippen molar-refractivity contribution in [3.05, 3.63) is 12.3 Å². The topological polar surface area (TPSA) is 77.8 Å². The molecule has 0 unspecified atom stereocenters. The summed E-state index contributed by atoms with van der Waals surface area (Å²) in [4.78, 5) is 7.98. The highest BCUT2D eigenvalue weighted by Crippen LogP contribution is 2.22. The number of nitrogens with zero attached hydrogens (tertiary/aromatic N) is 2. The number of hydrogen-bond donors (Lipinski definition) is 2. The molecule has 2 aromatic rings. The molecule has 0 aliphatic carbocycles. The van der Waals surface area contributed by atoms with E-state index in [0.717, 1.165) is 4.70 Å². The Morgan fingerprint density at radius 3 is 3.00 bits per heavy atom. The van der Waals surface area contributed by atoms with E-state index in [1.165, 1.54) is 11.3 Å². The van der Waals surface area contributed by atoms with E-state index < -0.39 is 0 Å². The standard InChI is InChI=1S/C6H6N4S/c7-3-1-4-5(9-2-3)10-6(8)11-4/h1-2H,7H2,(H2,8,9,10). The summed E-state index contributed by atoms with van der Waals surface area (Å²) in [5.74, 6) is 0. The molecule has 0 aliphatic heterocycles. The van der Waals surface area contributed by atoms with Crippen molar-refractivity contribution in [2.45, 2.75) is 0 Å². The van der Waals surface area contributed by atoms with Crippen LogP contribution in [0.3, 0.4) is 0 Å². The third kappa shape index (κ3) is 0.988. The molecule has 4 N–H and O–H groups in total. The number of anilines is 2. The lowest BCUT2D eigenvalue weighted by Gasteiger charge is -1.88. The first-order valence-electron chi connectivity index (χ1n) is 3.03. The van der Waals surface area contributed by atoms with E-state index in [9.17, 15) is 0 Å². The van der Waals surface area contributed by atoms with Gasteiger partial charge in [0.2, 0.25) is 0 Å². The SMILES string of the molecule is Nc1cnc2nc(N)sc2c1. The molecule has 0 spiro atoms. The van der Waals surface area contributed by atoms with Crippen molar-refractivity contribution >= 4 is 32.5 Å². The fourth-order valence-electron chi connectivity index (χ4n) is 0.851. The van der Waals surface area contributed by atoms with Crippen LogP contribution in [0, 0.1) is 0 Å². The van der Waals surface area contributed by atoms with E-state index in [2.05, 4.69) is 9.97 Å². The molecule has 2 aromatic heterocycles. The molecule has 4 nitrogen and oxygen atoms in total. The molecule has 0 fully saturated rings. The van der Waals surface area contributed by atoms with Crippen molar-refractivity contribution in [3.8, 4) is 0 Å². The second-order valence-corrected chi connectivity index (χ2v) is 3.20. The van der Waals surface area contributed by atoms with E-state index in [1.807, 2.05) is 6.07 Å². The van der Waals surface area contributed by atoms with Gasteiger partial charge < -0.3 is 11.5 Å². The first kappa shape index (κ1) is 6.36. The lowest BCUT2D eigenvalue weighted by molar-refractivity contribution is 1.33. The van der Waals surface area contributed by atoms with Crippen molar-refractivity contribution in [1.82, 2.24) is 9.97 Å². The quantitative estimate of drug-likeness (QED) is 0.608. The molecule has 2 heterocycles. The molecule has 0 amide bonds. The maximum absolute atomic E-state index is 5.51. The summed E-state index contributed by atoms with van der Waals surface area (Å²) in [6.45, 7) is 0. The van der Waals surface area contributed by atoms with E-state index in [4.69, 9.17) is 11.5 Å². The summed E-state index contributed by atoms with van der Waals surface area (Å²) in [5, 5.41) is 0.526. The minimum absolute atomic E-state index is 0.526. The number of nitrogen functional groups attached to an aromatic ring is 2. The fourth-order valence-corrected chi connectivity index (χ4v) is 1.59. The average molecular weight is 166 g/mol. The molecule has 0 aromatic carbocycles. The normalized spacial score (nSPS) is 10.5. The zero-order chi connectivity index (χ0) is 7.84. The molecule has 0 saturated heterocycles. The monoisotopic (exact) mass is 166 g/mol. The maximum Gasteiger partial charge on any atom is 0.182 e. The Morgan fingerprint density at radius 1 is 1.36 bits per heavy atom. The highest BCUT2D eigenvalue weighted by Gasteiger charge is 2.00. The predicted molar refractivity (Wildman–Crippen MR) is 46.2 cm³/mol. The molecular weight excluding hydrogens is 160 g/mol. The van der Waals surface area contributed by atoms with Crippen molar-refractivity contribution < 1.29 is 0 Å². The molecule has 56 valence electrons. The summed E-state index contributed by atoms with van der Waals surface area (Å²) in [5.41, 5.74) is 12.3. The van der Waals surface area contributed by atoms with Gasteiger partial charge in [0.15, 0.2) is 10.8 Å². The van der Waals surface area contributed by atoms with E-state index >= 15 is 0 Å². The minimum Gasteiger partial charge on any atom is -0.397 e. The Balaban J connectivity index is 2.82. The molecule has 2 rings (SSSR count). The van der Waals surface area contributed by atoms with Gasteiger partial charge in [0.1, 0.15) is 0 Å². The van der Waals surface area contributed by atoms with Gasteiger partial charge in [0.25, 0.3) is 0 Å². The lowest BCUT2D eigenvalue weighted by Crippen LogP contribution is -1.85. The summed E-state index contributed by atoms with van der Waals surface area (Å²) in [7, 11) is 0. The molecule has 11 heavy (non-hydrogen) atoms. The summed E-state index contributed by atoms with van der Waals surface area (Å²) < 4.78 is 0.933. The van der Waals surface area contributed by atoms with Crippen LogP contribution in [-0.2, 0) is 0 Å². The van der Waals surface area contributed by atoms with Crippen LogP contribution in [-0.4, -0.2) is 9.97 Å². The Kier molecular flexibility index (Phi) is 1.19. The van der Waals surface area contributed by atoms with Gasteiger partial charge in [-0.2, -0.15) is 0 Å². The van der Waals surface area contributed by atoms with Crippen LogP contribution in [0.5, 0.6) is 0 Å². The van der Waals surface area contributed by atoms with Crippen LogP contribution >= 0.6 is 11.3 Å². The fraction of sp³-hybridized carbons (Fsp3) is 0. The van der Waals surface area contributed by atoms with Crippen LogP contribution in [0.1, 0.15) is 0 Å². The number of thiazole rings is 1.